The zero-order valence-electron chi connectivity index (χ0n) is 28.6. The molecule has 256 valence electrons. The quantitative estimate of drug-likeness (QED) is 0.154. The second kappa shape index (κ2) is 14.3. The number of para-hydroxylation sites is 2. The van der Waals surface area contributed by atoms with Crippen LogP contribution >= 0.6 is 0 Å². The monoisotopic (exact) mass is 663 g/mol. The van der Waals surface area contributed by atoms with E-state index in [4.69, 9.17) is 23.6 Å². The maximum Gasteiger partial charge on any atom is 0.233 e. The van der Waals surface area contributed by atoms with E-state index in [-0.39, 0.29) is 5.91 Å². The smallest absolute Gasteiger partial charge is 0.233 e. The highest BCUT2D eigenvalue weighted by atomic mass is 16.5. The number of likely N-dealkylation sites (tertiary alicyclic amines) is 2. The fourth-order valence-corrected chi connectivity index (χ4v) is 7.66. The van der Waals surface area contributed by atoms with Gasteiger partial charge in [-0.15, -0.1) is 0 Å². The summed E-state index contributed by atoms with van der Waals surface area (Å²) in [6.07, 6.45) is 5.27. The van der Waals surface area contributed by atoms with Gasteiger partial charge in [0.2, 0.25) is 17.6 Å². The molecule has 2 saturated heterocycles. The van der Waals surface area contributed by atoms with Crippen molar-refractivity contribution in [1.29, 1.82) is 0 Å². The number of rotatable bonds is 13. The molecule has 10 nitrogen and oxygen atoms in total. The van der Waals surface area contributed by atoms with Crippen LogP contribution in [0.4, 0.5) is 5.95 Å². The molecular formula is C39H45N5O5. The predicted octanol–water partition coefficient (Wildman–Crippen LogP) is 6.41. The molecule has 4 heterocycles. The zero-order chi connectivity index (χ0) is 33.8. The first-order chi connectivity index (χ1) is 24.0. The lowest BCUT2D eigenvalue weighted by atomic mass is 9.76. The van der Waals surface area contributed by atoms with E-state index in [1.54, 1.807) is 27.6 Å². The van der Waals surface area contributed by atoms with Gasteiger partial charge in [-0.3, -0.25) is 4.79 Å². The number of carbonyl (C=O) groups is 1. The first kappa shape index (κ1) is 32.6. The van der Waals surface area contributed by atoms with Crippen molar-refractivity contribution in [2.45, 2.75) is 50.2 Å². The number of furan rings is 1. The fraction of sp³-hybridized carbons (Fsp3) is 0.385. The van der Waals surface area contributed by atoms with Crippen molar-refractivity contribution in [3.05, 3.63) is 102 Å². The summed E-state index contributed by atoms with van der Waals surface area (Å²) in [6, 6.07) is 26.6. The molecule has 1 N–H and O–H groups in total. The summed E-state index contributed by atoms with van der Waals surface area (Å²) in [5, 5.41) is 0. The average Bonchev–Trinajstić information content (AvgIpc) is 3.90. The number of fused-ring (bicyclic) bond motifs is 1. The second-order valence-corrected chi connectivity index (χ2v) is 13.1. The van der Waals surface area contributed by atoms with Gasteiger partial charge in [0.1, 0.15) is 5.76 Å². The number of aromatic amines is 1. The van der Waals surface area contributed by atoms with Crippen LogP contribution in [0.2, 0.25) is 0 Å². The molecule has 7 rings (SSSR count). The largest absolute Gasteiger partial charge is 0.493 e. The molecule has 2 aromatic heterocycles. The molecule has 2 fully saturated rings. The number of imidazole rings is 1. The average molecular weight is 664 g/mol. The van der Waals surface area contributed by atoms with Gasteiger partial charge in [0, 0.05) is 32.2 Å². The molecule has 0 bridgehead atoms. The number of amides is 1. The van der Waals surface area contributed by atoms with Gasteiger partial charge >= 0.3 is 0 Å². The van der Waals surface area contributed by atoms with Gasteiger partial charge in [-0.05, 0) is 79.8 Å². The number of nitrogens with one attached hydrogen (secondary N) is 1. The van der Waals surface area contributed by atoms with Crippen molar-refractivity contribution in [2.75, 3.05) is 52.4 Å². The predicted molar refractivity (Wildman–Crippen MR) is 189 cm³/mol. The molecule has 1 atom stereocenters. The number of aromatic nitrogens is 2. The Morgan fingerprint density at radius 2 is 1.65 bits per heavy atom. The summed E-state index contributed by atoms with van der Waals surface area (Å²) in [6.45, 7) is 4.58. The Bertz CT molecular complexity index is 1790. The highest BCUT2D eigenvalue weighted by Crippen LogP contribution is 2.42. The zero-order valence-corrected chi connectivity index (χ0v) is 28.6. The van der Waals surface area contributed by atoms with E-state index in [0.29, 0.717) is 42.9 Å². The third-order valence-electron chi connectivity index (χ3n) is 10.3. The molecule has 5 aromatic rings. The molecular weight excluding hydrogens is 618 g/mol. The molecule has 2 aliphatic heterocycles. The third kappa shape index (κ3) is 6.57. The number of ether oxygens (including phenoxy) is 3. The lowest BCUT2D eigenvalue weighted by Gasteiger charge is -2.39. The van der Waals surface area contributed by atoms with Crippen molar-refractivity contribution in [2.24, 2.45) is 0 Å². The topological polar surface area (TPSA) is 96.3 Å². The minimum Gasteiger partial charge on any atom is -0.493 e. The summed E-state index contributed by atoms with van der Waals surface area (Å²) in [5.74, 6) is 3.70. The Labute approximate surface area is 287 Å². The Kier molecular flexibility index (Phi) is 9.48. The minimum atomic E-state index is -0.571. The number of hydrogen-bond acceptors (Lipinski definition) is 8. The van der Waals surface area contributed by atoms with Gasteiger partial charge in [-0.25, -0.2) is 4.98 Å². The van der Waals surface area contributed by atoms with Crippen molar-refractivity contribution >= 4 is 22.9 Å². The maximum atomic E-state index is 14.5. The van der Waals surface area contributed by atoms with Gasteiger partial charge in [0.15, 0.2) is 11.5 Å². The van der Waals surface area contributed by atoms with E-state index < -0.39 is 5.41 Å². The first-order valence-electron chi connectivity index (χ1n) is 17.1. The van der Waals surface area contributed by atoms with Crippen LogP contribution in [0.1, 0.15) is 42.6 Å². The number of H-pyrrole nitrogens is 1. The number of benzene rings is 3. The number of methoxy groups -OCH3 is 3. The Balaban J connectivity index is 1.05. The lowest BCUT2D eigenvalue weighted by Crippen LogP contribution is -2.47. The van der Waals surface area contributed by atoms with Gasteiger partial charge in [-0.2, -0.15) is 0 Å². The standard InChI is InChI=1S/C39H45N5O5/c1-46-34-24-28(25-35(47-2)36(34)48-3)26-43-22-18-39(37(43)45,29-10-5-4-6-11-29)17-21-42-19-15-30(16-20-42)44(27-31-12-9-23-49-31)38-40-32-13-7-8-14-33(32)41-38/h4-14,23-25,30H,15-22,26-27H2,1-3H3,(H,40,41). The van der Waals surface area contributed by atoms with Gasteiger partial charge < -0.3 is 38.3 Å². The molecule has 0 radical (unpaired) electrons. The number of hydrogen-bond donors (Lipinski definition) is 1. The molecule has 2 aliphatic rings. The molecule has 10 heteroatoms. The van der Waals surface area contributed by atoms with Crippen LogP contribution in [0.5, 0.6) is 17.2 Å². The molecule has 0 aliphatic carbocycles. The molecule has 1 unspecified atom stereocenters. The van der Waals surface area contributed by atoms with E-state index in [1.807, 2.05) is 65.6 Å². The summed E-state index contributed by atoms with van der Waals surface area (Å²) in [5.41, 5.74) is 3.46. The molecule has 49 heavy (non-hydrogen) atoms. The Morgan fingerprint density at radius 3 is 2.33 bits per heavy atom. The molecule has 0 saturated carbocycles. The van der Waals surface area contributed by atoms with Crippen molar-refractivity contribution < 1.29 is 23.4 Å². The number of carbonyl (C=O) groups excluding carboxylic acids is 1. The van der Waals surface area contributed by atoms with Crippen molar-refractivity contribution in [1.82, 2.24) is 19.8 Å². The van der Waals surface area contributed by atoms with Crippen LogP contribution in [0.3, 0.4) is 0 Å². The summed E-state index contributed by atoms with van der Waals surface area (Å²) < 4.78 is 22.5. The number of piperidine rings is 1. The summed E-state index contributed by atoms with van der Waals surface area (Å²) in [4.78, 5) is 29.8. The number of anilines is 1. The molecule has 0 spiro atoms. The fourth-order valence-electron chi connectivity index (χ4n) is 7.66. The maximum absolute atomic E-state index is 14.5. The van der Waals surface area contributed by atoms with Crippen LogP contribution in [-0.4, -0.2) is 79.2 Å². The van der Waals surface area contributed by atoms with Crippen molar-refractivity contribution in [3.8, 4) is 17.2 Å². The molecule has 1 amide bonds. The Hall–Kier alpha value is -4.96. The summed E-state index contributed by atoms with van der Waals surface area (Å²) >= 11 is 0. The SMILES string of the molecule is COc1cc(CN2CCC(CCN3CCC(N(Cc4ccco4)c4nc5ccccc5[nH]4)CC3)(c3ccccc3)C2=O)cc(OC)c1OC. The van der Waals surface area contributed by atoms with E-state index in [1.165, 1.54) is 0 Å². The highest BCUT2D eigenvalue weighted by Gasteiger charge is 2.48. The third-order valence-corrected chi connectivity index (χ3v) is 10.3. The minimum absolute atomic E-state index is 0.178. The van der Waals surface area contributed by atoms with E-state index >= 15 is 0 Å². The van der Waals surface area contributed by atoms with Gasteiger partial charge in [0.25, 0.3) is 0 Å². The Morgan fingerprint density at radius 1 is 0.918 bits per heavy atom. The highest BCUT2D eigenvalue weighted by molar-refractivity contribution is 5.90. The van der Waals surface area contributed by atoms with Crippen LogP contribution in [-0.2, 0) is 23.3 Å². The normalized spacial score (nSPS) is 18.7. The summed E-state index contributed by atoms with van der Waals surface area (Å²) in [7, 11) is 4.82. The van der Waals surface area contributed by atoms with E-state index in [9.17, 15) is 4.79 Å². The van der Waals surface area contributed by atoms with E-state index in [0.717, 1.165) is 79.2 Å². The second-order valence-electron chi connectivity index (χ2n) is 13.1. The number of nitrogens with zero attached hydrogens (tertiary/aromatic N) is 4. The lowest BCUT2D eigenvalue weighted by molar-refractivity contribution is -0.133. The van der Waals surface area contributed by atoms with Crippen LogP contribution in [0, 0.1) is 0 Å². The van der Waals surface area contributed by atoms with Crippen LogP contribution in [0.15, 0.2) is 89.5 Å². The van der Waals surface area contributed by atoms with E-state index in [2.05, 4.69) is 33.0 Å². The van der Waals surface area contributed by atoms with Gasteiger partial charge in [0.05, 0.1) is 50.6 Å². The first-order valence-corrected chi connectivity index (χ1v) is 17.1. The van der Waals surface area contributed by atoms with Gasteiger partial charge in [-0.1, -0.05) is 42.5 Å². The molecule has 3 aromatic carbocycles. The van der Waals surface area contributed by atoms with Crippen LogP contribution in [0.25, 0.3) is 11.0 Å². The van der Waals surface area contributed by atoms with Crippen LogP contribution < -0.4 is 19.1 Å². The van der Waals surface area contributed by atoms with Crippen molar-refractivity contribution in [3.63, 3.8) is 0 Å².